The predicted octanol–water partition coefficient (Wildman–Crippen LogP) is 1.80. The van der Waals surface area contributed by atoms with Crippen molar-refractivity contribution in [2.75, 3.05) is 19.0 Å². The zero-order valence-electron chi connectivity index (χ0n) is 11.5. The molecule has 5 heteroatoms. The van der Waals surface area contributed by atoms with Crippen molar-refractivity contribution >= 4 is 17.5 Å². The molecule has 0 saturated heterocycles. The van der Waals surface area contributed by atoms with Crippen LogP contribution in [0, 0.1) is 5.92 Å². The summed E-state index contributed by atoms with van der Waals surface area (Å²) in [7, 11) is 1.51. The molecule has 1 aromatic carbocycles. The van der Waals surface area contributed by atoms with Gasteiger partial charge in [-0.25, -0.2) is 0 Å². The Morgan fingerprint density at radius 3 is 2.53 bits per heavy atom. The Bertz CT molecular complexity index is 444. The third-order valence-electron chi connectivity index (χ3n) is 2.57. The van der Waals surface area contributed by atoms with Crippen LogP contribution in [0.3, 0.4) is 0 Å². The van der Waals surface area contributed by atoms with Crippen molar-refractivity contribution in [3.63, 3.8) is 0 Å². The van der Waals surface area contributed by atoms with Gasteiger partial charge in [0.2, 0.25) is 0 Å². The first-order valence-electron chi connectivity index (χ1n) is 6.26. The number of carbonyl (C=O) groups excluding carboxylic acids is 2. The van der Waals surface area contributed by atoms with Crippen LogP contribution in [0.5, 0.6) is 5.75 Å². The fourth-order valence-electron chi connectivity index (χ4n) is 1.48. The number of nitrogens with one attached hydrogen (secondary N) is 2. The second kappa shape index (κ2) is 7.41. The van der Waals surface area contributed by atoms with E-state index in [1.165, 1.54) is 7.11 Å². The number of ether oxygens (including phenoxy) is 1. The lowest BCUT2D eigenvalue weighted by Gasteiger charge is -2.10. The van der Waals surface area contributed by atoms with Crippen LogP contribution in [0.25, 0.3) is 0 Å². The maximum absolute atomic E-state index is 11.7. The van der Waals surface area contributed by atoms with Gasteiger partial charge in [0.1, 0.15) is 5.75 Å². The Hall–Kier alpha value is -2.04. The summed E-state index contributed by atoms with van der Waals surface area (Å²) in [5, 5.41) is 5.10. The molecule has 5 nitrogen and oxygen atoms in total. The second-order valence-electron chi connectivity index (χ2n) is 4.59. The molecule has 2 N–H and O–H groups in total. The van der Waals surface area contributed by atoms with Crippen LogP contribution in [0.1, 0.15) is 20.3 Å². The number of amides is 2. The molecule has 0 unspecified atom stereocenters. The van der Waals surface area contributed by atoms with Crippen molar-refractivity contribution < 1.29 is 14.3 Å². The second-order valence-corrected chi connectivity index (χ2v) is 4.59. The number of hydrogen-bond acceptors (Lipinski definition) is 3. The SMILES string of the molecule is COc1ccccc1NC(=O)C(=O)NCCC(C)C. The number of methoxy groups -OCH3 is 1. The summed E-state index contributed by atoms with van der Waals surface area (Å²) in [5.41, 5.74) is 0.481. The lowest BCUT2D eigenvalue weighted by atomic mass is 10.1. The van der Waals surface area contributed by atoms with Crippen molar-refractivity contribution in [3.8, 4) is 5.75 Å². The molecule has 0 spiro atoms. The molecule has 19 heavy (non-hydrogen) atoms. The molecule has 2 amide bonds. The smallest absolute Gasteiger partial charge is 0.313 e. The van der Waals surface area contributed by atoms with Crippen molar-refractivity contribution in [2.45, 2.75) is 20.3 Å². The Labute approximate surface area is 113 Å². The van der Waals surface area contributed by atoms with Crippen molar-refractivity contribution in [3.05, 3.63) is 24.3 Å². The minimum absolute atomic E-state index is 0.481. The quantitative estimate of drug-likeness (QED) is 0.797. The number of carbonyl (C=O) groups is 2. The van der Waals surface area contributed by atoms with Crippen LogP contribution >= 0.6 is 0 Å². The highest BCUT2D eigenvalue weighted by molar-refractivity contribution is 6.39. The molecule has 0 aliphatic carbocycles. The maximum Gasteiger partial charge on any atom is 0.313 e. The molecule has 0 aliphatic rings. The fourth-order valence-corrected chi connectivity index (χ4v) is 1.48. The highest BCUT2D eigenvalue weighted by Crippen LogP contribution is 2.22. The molecule has 0 heterocycles. The van der Waals surface area contributed by atoms with Crippen molar-refractivity contribution in [1.82, 2.24) is 5.32 Å². The van der Waals surface area contributed by atoms with E-state index in [0.29, 0.717) is 23.9 Å². The van der Waals surface area contributed by atoms with E-state index in [1.807, 2.05) is 0 Å². The molecular formula is C14H20N2O3. The molecular weight excluding hydrogens is 244 g/mol. The van der Waals surface area contributed by atoms with Gasteiger partial charge in [-0.15, -0.1) is 0 Å². The summed E-state index contributed by atoms with van der Waals surface area (Å²) < 4.78 is 5.09. The number of hydrogen-bond donors (Lipinski definition) is 2. The molecule has 104 valence electrons. The van der Waals surface area contributed by atoms with Crippen LogP contribution in [0.4, 0.5) is 5.69 Å². The van der Waals surface area contributed by atoms with E-state index in [2.05, 4.69) is 24.5 Å². The van der Waals surface area contributed by atoms with Gasteiger partial charge in [0.25, 0.3) is 0 Å². The van der Waals surface area contributed by atoms with Gasteiger partial charge in [0.15, 0.2) is 0 Å². The van der Waals surface area contributed by atoms with Crippen LogP contribution in [0.15, 0.2) is 24.3 Å². The summed E-state index contributed by atoms with van der Waals surface area (Å²) in [6.45, 7) is 4.61. The molecule has 0 radical (unpaired) electrons. The summed E-state index contributed by atoms with van der Waals surface area (Å²) >= 11 is 0. The maximum atomic E-state index is 11.7. The summed E-state index contributed by atoms with van der Waals surface area (Å²) in [6, 6.07) is 6.94. The highest BCUT2D eigenvalue weighted by Gasteiger charge is 2.14. The van der Waals surface area contributed by atoms with Crippen LogP contribution in [-0.2, 0) is 9.59 Å². The van der Waals surface area contributed by atoms with E-state index in [0.717, 1.165) is 6.42 Å². The van der Waals surface area contributed by atoms with Gasteiger partial charge in [-0.3, -0.25) is 9.59 Å². The fraction of sp³-hybridized carbons (Fsp3) is 0.429. The number of anilines is 1. The summed E-state index contributed by atoms with van der Waals surface area (Å²) in [5.74, 6) is -0.316. The molecule has 0 atom stereocenters. The zero-order valence-corrected chi connectivity index (χ0v) is 11.5. The van der Waals surface area contributed by atoms with E-state index in [9.17, 15) is 9.59 Å². The number of benzene rings is 1. The van der Waals surface area contributed by atoms with Gasteiger partial charge in [-0.2, -0.15) is 0 Å². The molecule has 0 bridgehead atoms. The molecule has 0 fully saturated rings. The normalized spacial score (nSPS) is 10.1. The van der Waals surface area contributed by atoms with Gasteiger partial charge in [0, 0.05) is 6.54 Å². The first kappa shape index (κ1) is 15.0. The summed E-state index contributed by atoms with van der Waals surface area (Å²) in [6.07, 6.45) is 0.841. The average molecular weight is 264 g/mol. The monoisotopic (exact) mass is 264 g/mol. The Morgan fingerprint density at radius 1 is 1.21 bits per heavy atom. The topological polar surface area (TPSA) is 67.4 Å². The molecule has 0 aromatic heterocycles. The average Bonchev–Trinajstić information content (AvgIpc) is 2.38. The van der Waals surface area contributed by atoms with Gasteiger partial charge in [0.05, 0.1) is 12.8 Å². The van der Waals surface area contributed by atoms with Gasteiger partial charge in [-0.05, 0) is 24.5 Å². The third-order valence-corrected chi connectivity index (χ3v) is 2.57. The van der Waals surface area contributed by atoms with Gasteiger partial charge >= 0.3 is 11.8 Å². The van der Waals surface area contributed by atoms with Crippen LogP contribution in [0.2, 0.25) is 0 Å². The lowest BCUT2D eigenvalue weighted by Crippen LogP contribution is -2.36. The Kier molecular flexibility index (Phi) is 5.85. The molecule has 0 aliphatic heterocycles. The van der Waals surface area contributed by atoms with Crippen LogP contribution in [-0.4, -0.2) is 25.5 Å². The predicted molar refractivity (Wildman–Crippen MR) is 74.1 cm³/mol. The van der Waals surface area contributed by atoms with Crippen LogP contribution < -0.4 is 15.4 Å². The largest absolute Gasteiger partial charge is 0.495 e. The first-order chi connectivity index (χ1) is 9.04. The first-order valence-corrected chi connectivity index (χ1v) is 6.26. The Morgan fingerprint density at radius 2 is 1.89 bits per heavy atom. The van der Waals surface area contributed by atoms with Gasteiger partial charge in [-0.1, -0.05) is 26.0 Å². The van der Waals surface area contributed by atoms with E-state index in [4.69, 9.17) is 4.74 Å². The minimum atomic E-state index is -0.687. The molecule has 1 aromatic rings. The third kappa shape index (κ3) is 4.99. The van der Waals surface area contributed by atoms with Crippen molar-refractivity contribution in [1.29, 1.82) is 0 Å². The zero-order chi connectivity index (χ0) is 14.3. The standard InChI is InChI=1S/C14H20N2O3/c1-10(2)8-9-15-13(17)14(18)16-11-6-4-5-7-12(11)19-3/h4-7,10H,8-9H2,1-3H3,(H,15,17)(H,16,18). The lowest BCUT2D eigenvalue weighted by molar-refractivity contribution is -0.136. The minimum Gasteiger partial charge on any atom is -0.495 e. The molecule has 1 rings (SSSR count). The van der Waals surface area contributed by atoms with E-state index < -0.39 is 11.8 Å². The summed E-state index contributed by atoms with van der Waals surface area (Å²) in [4.78, 5) is 23.2. The Balaban J connectivity index is 2.52. The van der Waals surface area contributed by atoms with E-state index in [1.54, 1.807) is 24.3 Å². The number of rotatable bonds is 5. The number of para-hydroxylation sites is 2. The van der Waals surface area contributed by atoms with E-state index in [-0.39, 0.29) is 0 Å². The molecule has 0 saturated carbocycles. The van der Waals surface area contributed by atoms with Gasteiger partial charge < -0.3 is 15.4 Å². The highest BCUT2D eigenvalue weighted by atomic mass is 16.5. The van der Waals surface area contributed by atoms with Crippen molar-refractivity contribution in [2.24, 2.45) is 5.92 Å². The van der Waals surface area contributed by atoms with E-state index >= 15 is 0 Å².